The Morgan fingerprint density at radius 1 is 1.38 bits per heavy atom. The van der Waals surface area contributed by atoms with E-state index >= 15 is 0 Å². The number of carboxylic acid groups (broad SMARTS) is 1. The summed E-state index contributed by atoms with van der Waals surface area (Å²) in [7, 11) is 0. The minimum absolute atomic E-state index is 0.0295. The Kier molecular flexibility index (Phi) is 6.47. The van der Waals surface area contributed by atoms with E-state index in [0.717, 1.165) is 5.75 Å². The van der Waals surface area contributed by atoms with Gasteiger partial charge < -0.3 is 15.3 Å². The average Bonchev–Trinajstić information content (AvgIpc) is 2.89. The zero-order valence-electron chi connectivity index (χ0n) is 14.2. The zero-order chi connectivity index (χ0) is 17.9. The monoisotopic (exact) mass is 374 g/mol. The molecule has 3 atom stereocenters. The summed E-state index contributed by atoms with van der Waals surface area (Å²) in [5.41, 5.74) is -0.0295. The van der Waals surface area contributed by atoms with Crippen LogP contribution >= 0.6 is 24.4 Å². The Hall–Kier alpha value is -0.890. The summed E-state index contributed by atoms with van der Waals surface area (Å²) in [6.45, 7) is 4.10. The van der Waals surface area contributed by atoms with Crippen LogP contribution in [0.4, 0.5) is 0 Å². The molecule has 0 spiro atoms. The van der Waals surface area contributed by atoms with Gasteiger partial charge >= 0.3 is 5.97 Å². The molecule has 0 radical (unpaired) electrons. The van der Waals surface area contributed by atoms with Crippen LogP contribution in [-0.2, 0) is 14.4 Å². The molecule has 0 aromatic carbocycles. The van der Waals surface area contributed by atoms with E-state index in [-0.39, 0.29) is 22.6 Å². The van der Waals surface area contributed by atoms with Gasteiger partial charge in [0.05, 0.1) is 5.37 Å². The molecule has 24 heavy (non-hydrogen) atoms. The van der Waals surface area contributed by atoms with Crippen LogP contribution in [0.25, 0.3) is 0 Å². The molecular formula is C16H26N2O4S2. The molecule has 0 aliphatic carbocycles. The first kappa shape index (κ1) is 19.4. The van der Waals surface area contributed by atoms with Crippen molar-refractivity contribution >= 4 is 42.2 Å². The molecule has 2 fully saturated rings. The molecule has 0 bridgehead atoms. The van der Waals surface area contributed by atoms with Gasteiger partial charge in [-0.2, -0.15) is 12.6 Å². The maximum absolute atomic E-state index is 12.8. The van der Waals surface area contributed by atoms with Crippen LogP contribution in [0.2, 0.25) is 0 Å². The lowest BCUT2D eigenvalue weighted by molar-refractivity contribution is -0.149. The Balaban J connectivity index is 1.98. The molecule has 8 heteroatoms. The standard InChI is InChI=1S/C16H26N2O4S2/c1-16(2,9-23)7-5-12(19)17-10-6-8-24-13-4-3-11(15(21)22)18(13)14(10)20/h10-11,13,23H,3-9H2,1-2H3,(H,17,19)(H,21,22). The smallest absolute Gasteiger partial charge is 0.326 e. The number of carboxylic acids is 1. The van der Waals surface area contributed by atoms with Gasteiger partial charge in [0.25, 0.3) is 0 Å². The molecule has 0 aromatic heterocycles. The van der Waals surface area contributed by atoms with Crippen molar-refractivity contribution in [2.45, 2.75) is 63.4 Å². The van der Waals surface area contributed by atoms with E-state index in [2.05, 4.69) is 17.9 Å². The lowest BCUT2D eigenvalue weighted by Crippen LogP contribution is -2.52. The Morgan fingerprint density at radius 3 is 2.71 bits per heavy atom. The lowest BCUT2D eigenvalue weighted by Gasteiger charge is -2.28. The van der Waals surface area contributed by atoms with Crippen molar-refractivity contribution in [1.29, 1.82) is 0 Å². The number of nitrogens with one attached hydrogen (secondary N) is 1. The normalized spacial score (nSPS) is 27.5. The highest BCUT2D eigenvalue weighted by Crippen LogP contribution is 2.35. The minimum Gasteiger partial charge on any atom is -0.480 e. The quantitative estimate of drug-likeness (QED) is 0.617. The topological polar surface area (TPSA) is 86.7 Å². The Bertz CT molecular complexity index is 512. The van der Waals surface area contributed by atoms with Gasteiger partial charge in [-0.1, -0.05) is 13.8 Å². The van der Waals surface area contributed by atoms with Crippen LogP contribution in [0.5, 0.6) is 0 Å². The number of carbonyl (C=O) groups is 3. The first-order valence-electron chi connectivity index (χ1n) is 8.32. The highest BCUT2D eigenvalue weighted by Gasteiger charge is 2.45. The predicted molar refractivity (Wildman–Crippen MR) is 97.2 cm³/mol. The number of carbonyl (C=O) groups excluding carboxylic acids is 2. The van der Waals surface area contributed by atoms with Crippen molar-refractivity contribution in [3.63, 3.8) is 0 Å². The van der Waals surface area contributed by atoms with E-state index < -0.39 is 18.1 Å². The number of rotatable bonds is 6. The molecular weight excluding hydrogens is 348 g/mol. The van der Waals surface area contributed by atoms with E-state index in [0.29, 0.717) is 37.9 Å². The molecule has 2 saturated heterocycles. The second kappa shape index (κ2) is 7.99. The highest BCUT2D eigenvalue weighted by atomic mass is 32.2. The highest BCUT2D eigenvalue weighted by molar-refractivity contribution is 7.99. The summed E-state index contributed by atoms with van der Waals surface area (Å²) in [5.74, 6) is 0.0600. The van der Waals surface area contributed by atoms with Crippen LogP contribution in [0, 0.1) is 5.41 Å². The first-order valence-corrected chi connectivity index (χ1v) is 10.00. The van der Waals surface area contributed by atoms with E-state index in [1.54, 1.807) is 11.8 Å². The average molecular weight is 375 g/mol. The summed E-state index contributed by atoms with van der Waals surface area (Å²) >= 11 is 5.89. The van der Waals surface area contributed by atoms with Crippen LogP contribution < -0.4 is 5.32 Å². The minimum atomic E-state index is -0.964. The zero-order valence-corrected chi connectivity index (χ0v) is 15.9. The Morgan fingerprint density at radius 2 is 2.08 bits per heavy atom. The number of hydrogen-bond donors (Lipinski definition) is 3. The molecule has 0 aromatic rings. The molecule has 3 unspecified atom stereocenters. The maximum atomic E-state index is 12.8. The van der Waals surface area contributed by atoms with Gasteiger partial charge in [0.15, 0.2) is 0 Å². The Labute approximate surface area is 152 Å². The van der Waals surface area contributed by atoms with Gasteiger partial charge in [0.1, 0.15) is 12.1 Å². The molecule has 6 nitrogen and oxygen atoms in total. The SMILES string of the molecule is CC(C)(CS)CCC(=O)NC1CCSC2CCC(C(=O)O)N2C1=O. The molecule has 2 heterocycles. The predicted octanol–water partition coefficient (Wildman–Crippen LogP) is 1.75. The van der Waals surface area contributed by atoms with Crippen molar-refractivity contribution in [2.24, 2.45) is 5.41 Å². The summed E-state index contributed by atoms with van der Waals surface area (Å²) < 4.78 is 0. The fourth-order valence-corrected chi connectivity index (χ4v) is 4.55. The second-order valence-electron chi connectivity index (χ2n) is 7.23. The van der Waals surface area contributed by atoms with Crippen molar-refractivity contribution in [2.75, 3.05) is 11.5 Å². The van der Waals surface area contributed by atoms with Gasteiger partial charge in [0.2, 0.25) is 11.8 Å². The van der Waals surface area contributed by atoms with Gasteiger partial charge in [0, 0.05) is 6.42 Å². The molecule has 136 valence electrons. The van der Waals surface area contributed by atoms with Crippen molar-refractivity contribution in [3.8, 4) is 0 Å². The lowest BCUT2D eigenvalue weighted by atomic mass is 9.90. The molecule has 2 amide bonds. The van der Waals surface area contributed by atoms with Crippen molar-refractivity contribution in [1.82, 2.24) is 10.2 Å². The summed E-state index contributed by atoms with van der Waals surface area (Å²) in [5, 5.41) is 12.1. The maximum Gasteiger partial charge on any atom is 0.326 e. The molecule has 2 N–H and O–H groups in total. The van der Waals surface area contributed by atoms with Crippen LogP contribution in [0.15, 0.2) is 0 Å². The fraction of sp³-hybridized carbons (Fsp3) is 0.812. The third kappa shape index (κ3) is 4.59. The number of fused-ring (bicyclic) bond motifs is 1. The largest absolute Gasteiger partial charge is 0.480 e. The molecule has 0 saturated carbocycles. The number of thioether (sulfide) groups is 1. The number of amides is 2. The fourth-order valence-electron chi connectivity index (χ4n) is 3.04. The van der Waals surface area contributed by atoms with E-state index in [1.165, 1.54) is 4.90 Å². The third-order valence-electron chi connectivity index (χ3n) is 4.68. The summed E-state index contributed by atoms with van der Waals surface area (Å²) in [4.78, 5) is 37.8. The molecule has 2 aliphatic heterocycles. The first-order chi connectivity index (χ1) is 11.2. The number of aliphatic carboxylic acids is 1. The van der Waals surface area contributed by atoms with Crippen LogP contribution in [-0.4, -0.2) is 56.8 Å². The van der Waals surface area contributed by atoms with Crippen molar-refractivity contribution < 1.29 is 19.5 Å². The van der Waals surface area contributed by atoms with Crippen LogP contribution in [0.1, 0.15) is 46.0 Å². The summed E-state index contributed by atoms with van der Waals surface area (Å²) in [6.07, 6.45) is 2.77. The van der Waals surface area contributed by atoms with E-state index in [9.17, 15) is 19.5 Å². The number of thiol groups is 1. The third-order valence-corrected chi connectivity index (χ3v) is 6.85. The van der Waals surface area contributed by atoms with Gasteiger partial charge in [-0.05, 0) is 42.6 Å². The van der Waals surface area contributed by atoms with Gasteiger partial charge in [-0.15, -0.1) is 11.8 Å². The molecule has 2 rings (SSSR count). The van der Waals surface area contributed by atoms with Crippen molar-refractivity contribution in [3.05, 3.63) is 0 Å². The van der Waals surface area contributed by atoms with E-state index in [4.69, 9.17) is 0 Å². The van der Waals surface area contributed by atoms with Gasteiger partial charge in [-0.25, -0.2) is 4.79 Å². The van der Waals surface area contributed by atoms with Gasteiger partial charge in [-0.3, -0.25) is 9.59 Å². The molecule has 2 aliphatic rings. The van der Waals surface area contributed by atoms with Crippen LogP contribution in [0.3, 0.4) is 0 Å². The summed E-state index contributed by atoms with van der Waals surface area (Å²) in [6, 6.07) is -1.38. The van der Waals surface area contributed by atoms with E-state index in [1.807, 2.05) is 13.8 Å². The number of hydrogen-bond acceptors (Lipinski definition) is 5. The number of nitrogens with zero attached hydrogens (tertiary/aromatic N) is 1. The second-order valence-corrected chi connectivity index (χ2v) is 8.84.